The number of hydrogen-bond donors (Lipinski definition) is 1. The molecule has 0 spiro atoms. The third-order valence-electron chi connectivity index (χ3n) is 1.59. The highest BCUT2D eigenvalue weighted by Crippen LogP contribution is 1.89. The van der Waals surface area contributed by atoms with Crippen molar-refractivity contribution in [1.29, 1.82) is 5.26 Å². The highest BCUT2D eigenvalue weighted by molar-refractivity contribution is 5.69. The fourth-order valence-electron chi connectivity index (χ4n) is 0.863. The Morgan fingerprint density at radius 1 is 1.62 bits per heavy atom. The summed E-state index contributed by atoms with van der Waals surface area (Å²) in [6.45, 7) is 4.61. The SMILES string of the molecule is CCOC(=O)CCNC(C#N)CC. The monoisotopic (exact) mass is 184 g/mol. The smallest absolute Gasteiger partial charge is 0.307 e. The van der Waals surface area contributed by atoms with Gasteiger partial charge in [-0.25, -0.2) is 0 Å². The van der Waals surface area contributed by atoms with E-state index in [1.807, 2.05) is 6.92 Å². The van der Waals surface area contributed by atoms with E-state index in [2.05, 4.69) is 11.4 Å². The summed E-state index contributed by atoms with van der Waals surface area (Å²) in [5, 5.41) is 11.5. The number of nitriles is 1. The van der Waals surface area contributed by atoms with Crippen LogP contribution in [0.2, 0.25) is 0 Å². The number of nitrogens with zero attached hydrogens (tertiary/aromatic N) is 1. The molecule has 1 N–H and O–H groups in total. The van der Waals surface area contributed by atoms with Gasteiger partial charge in [0, 0.05) is 6.54 Å². The van der Waals surface area contributed by atoms with Crippen LogP contribution >= 0.6 is 0 Å². The number of nitrogens with one attached hydrogen (secondary N) is 1. The molecule has 13 heavy (non-hydrogen) atoms. The van der Waals surface area contributed by atoms with Gasteiger partial charge in [0.2, 0.25) is 0 Å². The van der Waals surface area contributed by atoms with Crippen LogP contribution in [0.4, 0.5) is 0 Å². The second kappa shape index (κ2) is 7.56. The highest BCUT2D eigenvalue weighted by Gasteiger charge is 2.05. The first-order valence-electron chi connectivity index (χ1n) is 4.53. The van der Waals surface area contributed by atoms with Crippen LogP contribution in [0.5, 0.6) is 0 Å². The lowest BCUT2D eigenvalue weighted by atomic mass is 10.2. The minimum absolute atomic E-state index is 0.158. The van der Waals surface area contributed by atoms with E-state index in [0.29, 0.717) is 19.6 Å². The lowest BCUT2D eigenvalue weighted by Gasteiger charge is -2.07. The van der Waals surface area contributed by atoms with Crippen LogP contribution in [-0.2, 0) is 9.53 Å². The Morgan fingerprint density at radius 2 is 2.31 bits per heavy atom. The van der Waals surface area contributed by atoms with Gasteiger partial charge in [-0.3, -0.25) is 4.79 Å². The van der Waals surface area contributed by atoms with E-state index in [1.165, 1.54) is 0 Å². The molecule has 0 amide bonds. The van der Waals surface area contributed by atoms with E-state index in [9.17, 15) is 4.79 Å². The third kappa shape index (κ3) is 6.12. The molecule has 4 heteroatoms. The molecular weight excluding hydrogens is 168 g/mol. The number of rotatable bonds is 6. The Hall–Kier alpha value is -1.08. The average Bonchev–Trinajstić information content (AvgIpc) is 2.13. The number of hydrogen-bond acceptors (Lipinski definition) is 4. The Bertz CT molecular complexity index is 187. The summed E-state index contributed by atoms with van der Waals surface area (Å²) < 4.78 is 4.73. The van der Waals surface area contributed by atoms with Gasteiger partial charge in [0.15, 0.2) is 0 Å². The van der Waals surface area contributed by atoms with Crippen molar-refractivity contribution in [2.75, 3.05) is 13.2 Å². The van der Waals surface area contributed by atoms with Gasteiger partial charge >= 0.3 is 5.97 Å². The first-order valence-corrected chi connectivity index (χ1v) is 4.53. The molecule has 0 saturated heterocycles. The fourth-order valence-corrected chi connectivity index (χ4v) is 0.863. The molecule has 0 bridgehead atoms. The largest absolute Gasteiger partial charge is 0.466 e. The van der Waals surface area contributed by atoms with Crippen LogP contribution in [0.1, 0.15) is 26.7 Å². The molecule has 0 aromatic rings. The molecule has 0 aromatic carbocycles. The van der Waals surface area contributed by atoms with Crippen molar-refractivity contribution in [3.8, 4) is 6.07 Å². The van der Waals surface area contributed by atoms with Gasteiger partial charge in [-0.1, -0.05) is 6.92 Å². The van der Waals surface area contributed by atoms with Crippen LogP contribution in [-0.4, -0.2) is 25.2 Å². The van der Waals surface area contributed by atoms with Gasteiger partial charge in [0.1, 0.15) is 0 Å². The van der Waals surface area contributed by atoms with Crippen molar-refractivity contribution in [1.82, 2.24) is 5.32 Å². The zero-order valence-electron chi connectivity index (χ0n) is 8.17. The van der Waals surface area contributed by atoms with E-state index >= 15 is 0 Å². The first-order chi connectivity index (χ1) is 6.24. The molecule has 74 valence electrons. The summed E-state index contributed by atoms with van der Waals surface area (Å²) in [6, 6.07) is 1.94. The van der Waals surface area contributed by atoms with E-state index in [-0.39, 0.29) is 12.0 Å². The molecule has 0 heterocycles. The van der Waals surface area contributed by atoms with Gasteiger partial charge in [-0.05, 0) is 13.3 Å². The van der Waals surface area contributed by atoms with Crippen LogP contribution < -0.4 is 5.32 Å². The lowest BCUT2D eigenvalue weighted by Crippen LogP contribution is -2.29. The van der Waals surface area contributed by atoms with Crippen molar-refractivity contribution in [2.45, 2.75) is 32.7 Å². The Balaban J connectivity index is 3.44. The summed E-state index contributed by atoms with van der Waals surface area (Å²) in [4.78, 5) is 10.9. The Labute approximate surface area is 78.9 Å². The summed E-state index contributed by atoms with van der Waals surface area (Å²) in [5.74, 6) is -0.220. The Kier molecular flexibility index (Phi) is 6.93. The normalized spacial score (nSPS) is 11.8. The van der Waals surface area contributed by atoms with E-state index in [4.69, 9.17) is 10.00 Å². The number of esters is 1. The highest BCUT2D eigenvalue weighted by atomic mass is 16.5. The molecule has 0 aromatic heterocycles. The minimum Gasteiger partial charge on any atom is -0.466 e. The van der Waals surface area contributed by atoms with Crippen LogP contribution in [0.25, 0.3) is 0 Å². The number of ether oxygens (including phenoxy) is 1. The number of carbonyl (C=O) groups excluding carboxylic acids is 1. The topological polar surface area (TPSA) is 62.1 Å². The summed E-state index contributed by atoms with van der Waals surface area (Å²) in [6.07, 6.45) is 1.07. The van der Waals surface area contributed by atoms with Gasteiger partial charge in [0.05, 0.1) is 25.1 Å². The van der Waals surface area contributed by atoms with Gasteiger partial charge in [0.25, 0.3) is 0 Å². The molecule has 0 saturated carbocycles. The van der Waals surface area contributed by atoms with Crippen molar-refractivity contribution < 1.29 is 9.53 Å². The molecule has 0 aliphatic carbocycles. The molecule has 0 fully saturated rings. The second-order valence-electron chi connectivity index (χ2n) is 2.60. The maximum absolute atomic E-state index is 10.9. The maximum Gasteiger partial charge on any atom is 0.307 e. The zero-order chi connectivity index (χ0) is 10.1. The maximum atomic E-state index is 10.9. The molecular formula is C9H16N2O2. The summed E-state index contributed by atoms with van der Waals surface area (Å²) in [5.41, 5.74) is 0. The Morgan fingerprint density at radius 3 is 2.77 bits per heavy atom. The summed E-state index contributed by atoms with van der Waals surface area (Å²) >= 11 is 0. The average molecular weight is 184 g/mol. The molecule has 0 aliphatic heterocycles. The van der Waals surface area contributed by atoms with Crippen LogP contribution in [0, 0.1) is 11.3 Å². The first kappa shape index (κ1) is 11.9. The zero-order valence-corrected chi connectivity index (χ0v) is 8.17. The molecule has 0 radical (unpaired) electrons. The third-order valence-corrected chi connectivity index (χ3v) is 1.59. The van der Waals surface area contributed by atoms with Crippen LogP contribution in [0.15, 0.2) is 0 Å². The number of carbonyl (C=O) groups is 1. The van der Waals surface area contributed by atoms with Crippen LogP contribution in [0.3, 0.4) is 0 Å². The van der Waals surface area contributed by atoms with Crippen molar-refractivity contribution in [2.24, 2.45) is 0 Å². The standard InChI is InChI=1S/C9H16N2O2/c1-3-8(7-10)11-6-5-9(12)13-4-2/h8,11H,3-6H2,1-2H3. The lowest BCUT2D eigenvalue weighted by molar-refractivity contribution is -0.142. The van der Waals surface area contributed by atoms with Crippen molar-refractivity contribution >= 4 is 5.97 Å². The fraction of sp³-hybridized carbons (Fsp3) is 0.778. The minimum atomic E-state index is -0.220. The predicted octanol–water partition coefficient (Wildman–Crippen LogP) is 0.831. The molecule has 1 unspecified atom stereocenters. The van der Waals surface area contributed by atoms with Gasteiger partial charge in [-0.2, -0.15) is 5.26 Å². The second-order valence-corrected chi connectivity index (χ2v) is 2.60. The van der Waals surface area contributed by atoms with Gasteiger partial charge < -0.3 is 10.1 Å². The molecule has 0 rings (SSSR count). The van der Waals surface area contributed by atoms with E-state index < -0.39 is 0 Å². The molecule has 0 aliphatic rings. The van der Waals surface area contributed by atoms with Crippen molar-refractivity contribution in [3.63, 3.8) is 0 Å². The summed E-state index contributed by atoms with van der Waals surface area (Å²) in [7, 11) is 0. The van der Waals surface area contributed by atoms with E-state index in [1.54, 1.807) is 6.92 Å². The quantitative estimate of drug-likeness (QED) is 0.621. The van der Waals surface area contributed by atoms with E-state index in [0.717, 1.165) is 6.42 Å². The predicted molar refractivity (Wildman–Crippen MR) is 48.9 cm³/mol. The van der Waals surface area contributed by atoms with Gasteiger partial charge in [-0.15, -0.1) is 0 Å². The molecule has 4 nitrogen and oxygen atoms in total. The molecule has 1 atom stereocenters. The van der Waals surface area contributed by atoms with Crippen molar-refractivity contribution in [3.05, 3.63) is 0 Å².